The van der Waals surface area contributed by atoms with Crippen molar-refractivity contribution in [2.75, 3.05) is 7.11 Å². The SMILES string of the molecule is COc1ccc2cc([C@H](CCC(=O)O)C(C)(C)C(=O)O)ccc2c1. The Kier molecular flexibility index (Phi) is 5.12. The van der Waals surface area contributed by atoms with Crippen LogP contribution in [-0.4, -0.2) is 29.3 Å². The molecule has 0 aliphatic carbocycles. The van der Waals surface area contributed by atoms with Gasteiger partial charge in [0.2, 0.25) is 0 Å². The van der Waals surface area contributed by atoms with E-state index in [1.165, 1.54) is 0 Å². The van der Waals surface area contributed by atoms with Gasteiger partial charge in [0.15, 0.2) is 0 Å². The number of methoxy groups -OCH3 is 1. The number of carboxylic acid groups (broad SMARTS) is 2. The van der Waals surface area contributed by atoms with Crippen molar-refractivity contribution in [1.29, 1.82) is 0 Å². The summed E-state index contributed by atoms with van der Waals surface area (Å²) in [4.78, 5) is 22.6. The summed E-state index contributed by atoms with van der Waals surface area (Å²) in [5.74, 6) is -1.50. The normalized spacial score (nSPS) is 12.8. The third-order valence-corrected chi connectivity index (χ3v) is 4.54. The van der Waals surface area contributed by atoms with Crippen molar-refractivity contribution in [3.63, 3.8) is 0 Å². The van der Waals surface area contributed by atoms with Crippen molar-refractivity contribution in [3.8, 4) is 5.75 Å². The van der Waals surface area contributed by atoms with E-state index in [2.05, 4.69) is 0 Å². The van der Waals surface area contributed by atoms with Crippen molar-refractivity contribution >= 4 is 22.7 Å². The van der Waals surface area contributed by atoms with Gasteiger partial charge in [-0.05, 0) is 48.7 Å². The zero-order valence-electron chi connectivity index (χ0n) is 14.1. The molecule has 0 aliphatic rings. The fraction of sp³-hybridized carbons (Fsp3) is 0.368. The Labute approximate surface area is 140 Å². The quantitative estimate of drug-likeness (QED) is 0.804. The molecular formula is C19H22O5. The molecule has 1 atom stereocenters. The lowest BCUT2D eigenvalue weighted by Gasteiger charge is -2.31. The van der Waals surface area contributed by atoms with Gasteiger partial charge in [-0.25, -0.2) is 0 Å². The van der Waals surface area contributed by atoms with Gasteiger partial charge in [-0.15, -0.1) is 0 Å². The number of carboxylic acids is 2. The van der Waals surface area contributed by atoms with E-state index < -0.39 is 23.3 Å². The molecule has 0 fully saturated rings. The average molecular weight is 330 g/mol. The van der Waals surface area contributed by atoms with Crippen molar-refractivity contribution in [3.05, 3.63) is 42.0 Å². The van der Waals surface area contributed by atoms with Gasteiger partial charge < -0.3 is 14.9 Å². The highest BCUT2D eigenvalue weighted by Crippen LogP contribution is 2.40. The van der Waals surface area contributed by atoms with E-state index in [9.17, 15) is 14.7 Å². The first kappa shape index (κ1) is 17.8. The summed E-state index contributed by atoms with van der Waals surface area (Å²) in [7, 11) is 1.60. The van der Waals surface area contributed by atoms with Crippen LogP contribution in [0.5, 0.6) is 5.75 Å². The summed E-state index contributed by atoms with van der Waals surface area (Å²) in [5.41, 5.74) is -0.225. The fourth-order valence-corrected chi connectivity index (χ4v) is 2.95. The highest BCUT2D eigenvalue weighted by atomic mass is 16.5. The van der Waals surface area contributed by atoms with E-state index in [-0.39, 0.29) is 12.8 Å². The van der Waals surface area contributed by atoms with Crippen LogP contribution in [0.15, 0.2) is 36.4 Å². The summed E-state index contributed by atoms with van der Waals surface area (Å²) < 4.78 is 5.21. The largest absolute Gasteiger partial charge is 0.497 e. The van der Waals surface area contributed by atoms with E-state index in [1.54, 1.807) is 21.0 Å². The molecule has 2 N–H and O–H groups in total. The number of ether oxygens (including phenoxy) is 1. The molecule has 0 radical (unpaired) electrons. The summed E-state index contributed by atoms with van der Waals surface area (Å²) in [5, 5.41) is 20.5. The predicted molar refractivity (Wildman–Crippen MR) is 91.5 cm³/mol. The standard InChI is InChI=1S/C19H22O5/c1-19(2,18(22)23)16(8-9-17(20)21)14-5-4-13-11-15(24-3)7-6-12(13)10-14/h4-7,10-11,16H,8-9H2,1-3H3,(H,20,21)(H,22,23)/t16-/m0/s1. The van der Waals surface area contributed by atoms with E-state index in [1.807, 2.05) is 36.4 Å². The smallest absolute Gasteiger partial charge is 0.309 e. The summed E-state index contributed by atoms with van der Waals surface area (Å²) >= 11 is 0. The van der Waals surface area contributed by atoms with E-state index >= 15 is 0 Å². The number of rotatable bonds is 7. The van der Waals surface area contributed by atoms with Crippen molar-refractivity contribution in [1.82, 2.24) is 0 Å². The number of hydrogen-bond donors (Lipinski definition) is 2. The van der Waals surface area contributed by atoms with Crippen LogP contribution in [-0.2, 0) is 9.59 Å². The van der Waals surface area contributed by atoms with Gasteiger partial charge in [-0.1, -0.05) is 24.3 Å². The highest BCUT2D eigenvalue weighted by molar-refractivity contribution is 5.85. The minimum atomic E-state index is -1.06. The molecule has 0 aliphatic heterocycles. The molecule has 0 spiro atoms. The van der Waals surface area contributed by atoms with Gasteiger partial charge in [0.1, 0.15) is 5.75 Å². The van der Waals surface area contributed by atoms with Gasteiger partial charge in [-0.3, -0.25) is 9.59 Å². The summed E-state index contributed by atoms with van der Waals surface area (Å²) in [6.45, 7) is 3.28. The van der Waals surface area contributed by atoms with Crippen LogP contribution in [0.3, 0.4) is 0 Å². The van der Waals surface area contributed by atoms with Crippen LogP contribution in [0.2, 0.25) is 0 Å². The molecule has 0 saturated carbocycles. The third kappa shape index (κ3) is 3.67. The Morgan fingerprint density at radius 2 is 1.71 bits per heavy atom. The third-order valence-electron chi connectivity index (χ3n) is 4.54. The van der Waals surface area contributed by atoms with Crippen molar-refractivity contribution in [2.45, 2.75) is 32.6 Å². The molecule has 24 heavy (non-hydrogen) atoms. The fourth-order valence-electron chi connectivity index (χ4n) is 2.95. The lowest BCUT2D eigenvalue weighted by atomic mass is 9.72. The van der Waals surface area contributed by atoms with Crippen molar-refractivity contribution < 1.29 is 24.5 Å². The minimum Gasteiger partial charge on any atom is -0.497 e. The monoisotopic (exact) mass is 330 g/mol. The Balaban J connectivity index is 2.46. The molecule has 0 amide bonds. The summed E-state index contributed by atoms with van der Waals surface area (Å²) in [6.07, 6.45) is 0.207. The molecule has 2 rings (SSSR count). The van der Waals surface area contributed by atoms with Gasteiger partial charge in [0.05, 0.1) is 12.5 Å². The number of benzene rings is 2. The molecule has 5 nitrogen and oxygen atoms in total. The van der Waals surface area contributed by atoms with E-state index in [0.29, 0.717) is 0 Å². The molecule has 0 aromatic heterocycles. The molecule has 0 bridgehead atoms. The van der Waals surface area contributed by atoms with Gasteiger partial charge in [-0.2, -0.15) is 0 Å². The molecule has 2 aromatic carbocycles. The minimum absolute atomic E-state index is 0.0674. The first-order chi connectivity index (χ1) is 11.3. The van der Waals surface area contributed by atoms with Gasteiger partial charge >= 0.3 is 11.9 Å². The first-order valence-electron chi connectivity index (χ1n) is 7.78. The molecule has 5 heteroatoms. The van der Waals surface area contributed by atoms with Crippen LogP contribution in [0.25, 0.3) is 10.8 Å². The summed E-state index contributed by atoms with van der Waals surface area (Å²) in [6, 6.07) is 11.4. The molecule has 0 saturated heterocycles. The Morgan fingerprint density at radius 3 is 2.29 bits per heavy atom. The second-order valence-corrected chi connectivity index (χ2v) is 6.48. The average Bonchev–Trinajstić information content (AvgIpc) is 2.53. The van der Waals surface area contributed by atoms with Crippen LogP contribution < -0.4 is 4.74 Å². The topological polar surface area (TPSA) is 83.8 Å². The van der Waals surface area contributed by atoms with Gasteiger partial charge in [0.25, 0.3) is 0 Å². The van der Waals surface area contributed by atoms with Crippen LogP contribution in [0.4, 0.5) is 0 Å². The van der Waals surface area contributed by atoms with Crippen LogP contribution in [0, 0.1) is 5.41 Å². The number of aliphatic carboxylic acids is 2. The predicted octanol–water partition coefficient (Wildman–Crippen LogP) is 3.91. The van der Waals surface area contributed by atoms with Crippen LogP contribution >= 0.6 is 0 Å². The molecule has 128 valence electrons. The van der Waals surface area contributed by atoms with Crippen LogP contribution in [0.1, 0.15) is 38.2 Å². The second-order valence-electron chi connectivity index (χ2n) is 6.48. The zero-order chi connectivity index (χ0) is 17.9. The van der Waals surface area contributed by atoms with E-state index in [4.69, 9.17) is 9.84 Å². The van der Waals surface area contributed by atoms with E-state index in [0.717, 1.165) is 22.1 Å². The molecule has 0 unspecified atom stereocenters. The maximum absolute atomic E-state index is 11.7. The lowest BCUT2D eigenvalue weighted by molar-refractivity contribution is -0.149. The second kappa shape index (κ2) is 6.91. The Bertz CT molecular complexity index is 763. The number of carbonyl (C=O) groups is 2. The van der Waals surface area contributed by atoms with Crippen molar-refractivity contribution in [2.24, 2.45) is 5.41 Å². The number of fused-ring (bicyclic) bond motifs is 1. The Morgan fingerprint density at radius 1 is 1.08 bits per heavy atom. The molecular weight excluding hydrogens is 308 g/mol. The number of hydrogen-bond acceptors (Lipinski definition) is 3. The first-order valence-corrected chi connectivity index (χ1v) is 7.78. The maximum Gasteiger partial charge on any atom is 0.309 e. The Hall–Kier alpha value is -2.56. The molecule has 2 aromatic rings. The maximum atomic E-state index is 11.7. The van der Waals surface area contributed by atoms with Gasteiger partial charge in [0, 0.05) is 12.3 Å². The highest BCUT2D eigenvalue weighted by Gasteiger charge is 2.37. The molecule has 0 heterocycles. The lowest BCUT2D eigenvalue weighted by Crippen LogP contribution is -2.31. The zero-order valence-corrected chi connectivity index (χ0v) is 14.1.